The van der Waals surface area contributed by atoms with Crippen LogP contribution >= 0.6 is 0 Å². The average Bonchev–Trinajstić information content (AvgIpc) is 2.40. The summed E-state index contributed by atoms with van der Waals surface area (Å²) in [6.07, 6.45) is 3.91. The van der Waals surface area contributed by atoms with Crippen molar-refractivity contribution in [3.05, 3.63) is 60.7 Å². The van der Waals surface area contributed by atoms with Gasteiger partial charge in [0.25, 0.3) is 0 Å². The molecule has 0 bridgehead atoms. The molecule has 0 fully saturated rings. The third kappa shape index (κ3) is 4.85. The molecule has 0 saturated heterocycles. The van der Waals surface area contributed by atoms with E-state index < -0.39 is 5.82 Å². The maximum absolute atomic E-state index is 12.5. The van der Waals surface area contributed by atoms with Crippen LogP contribution in [0.4, 0.5) is 10.1 Å². The van der Waals surface area contributed by atoms with E-state index >= 15 is 0 Å². The van der Waals surface area contributed by atoms with E-state index in [1.165, 1.54) is 24.3 Å². The zero-order valence-corrected chi connectivity index (χ0v) is 9.03. The Kier molecular flexibility index (Phi) is 5.33. The number of carbonyl (C=O) groups is 1. The molecule has 5 heteroatoms. The summed E-state index contributed by atoms with van der Waals surface area (Å²) < 4.78 is 12.5. The molecule has 17 heavy (non-hydrogen) atoms. The standard InChI is InChI=1S/C7H7FN2O.C5H5N/c8-6-2-1-3-7(4-6)10(9)5-11;1-2-4-6-5-3-1/h1-5H,9H2;1-5H. The summed E-state index contributed by atoms with van der Waals surface area (Å²) in [5, 5.41) is 0.809. The second-order valence-electron chi connectivity index (χ2n) is 3.02. The van der Waals surface area contributed by atoms with E-state index in [1.54, 1.807) is 12.4 Å². The Morgan fingerprint density at radius 3 is 2.29 bits per heavy atom. The molecule has 0 aliphatic heterocycles. The molecule has 2 aromatic rings. The molecular formula is C12H12FN3O. The monoisotopic (exact) mass is 233 g/mol. The van der Waals surface area contributed by atoms with E-state index in [2.05, 4.69) is 4.98 Å². The number of carbonyl (C=O) groups excluding carboxylic acids is 1. The van der Waals surface area contributed by atoms with Crippen molar-refractivity contribution in [2.24, 2.45) is 5.84 Å². The van der Waals surface area contributed by atoms with Gasteiger partial charge in [0.05, 0.1) is 5.69 Å². The number of nitrogens with two attached hydrogens (primary N) is 1. The van der Waals surface area contributed by atoms with Crippen LogP contribution < -0.4 is 10.9 Å². The first-order chi connectivity index (χ1) is 8.24. The first kappa shape index (κ1) is 12.8. The fraction of sp³-hybridized carbons (Fsp3) is 0. The first-order valence-electron chi connectivity index (χ1n) is 4.84. The minimum atomic E-state index is -0.417. The van der Waals surface area contributed by atoms with Gasteiger partial charge in [-0.3, -0.25) is 14.8 Å². The first-order valence-corrected chi connectivity index (χ1v) is 4.84. The van der Waals surface area contributed by atoms with Crippen LogP contribution in [0.25, 0.3) is 0 Å². The van der Waals surface area contributed by atoms with Crippen molar-refractivity contribution in [2.75, 3.05) is 5.01 Å². The fourth-order valence-corrected chi connectivity index (χ4v) is 1.01. The molecule has 0 atom stereocenters. The highest BCUT2D eigenvalue weighted by atomic mass is 19.1. The predicted octanol–water partition coefficient (Wildman–Crippen LogP) is 1.74. The highest BCUT2D eigenvalue weighted by molar-refractivity contribution is 5.72. The lowest BCUT2D eigenvalue weighted by molar-refractivity contribution is -0.107. The molecular weight excluding hydrogens is 221 g/mol. The molecule has 0 aliphatic carbocycles. The number of hydrazine groups is 1. The van der Waals surface area contributed by atoms with Gasteiger partial charge in [0.1, 0.15) is 5.82 Å². The lowest BCUT2D eigenvalue weighted by atomic mass is 10.3. The summed E-state index contributed by atoms with van der Waals surface area (Å²) in [7, 11) is 0. The minimum absolute atomic E-state index is 0.333. The van der Waals surface area contributed by atoms with Gasteiger partial charge < -0.3 is 0 Å². The molecule has 0 unspecified atom stereocenters. The van der Waals surface area contributed by atoms with Crippen molar-refractivity contribution in [3.8, 4) is 0 Å². The van der Waals surface area contributed by atoms with Crippen LogP contribution in [0.1, 0.15) is 0 Å². The molecule has 2 N–H and O–H groups in total. The Balaban J connectivity index is 0.000000202. The number of rotatable bonds is 2. The maximum Gasteiger partial charge on any atom is 0.228 e. The highest BCUT2D eigenvalue weighted by Gasteiger charge is 1.98. The number of halogens is 1. The summed E-state index contributed by atoms with van der Waals surface area (Å²) >= 11 is 0. The zero-order valence-electron chi connectivity index (χ0n) is 9.03. The summed E-state index contributed by atoms with van der Waals surface area (Å²) in [5.74, 6) is 4.74. The van der Waals surface area contributed by atoms with E-state index in [0.29, 0.717) is 12.1 Å². The number of benzene rings is 1. The van der Waals surface area contributed by atoms with Crippen LogP contribution in [0.15, 0.2) is 54.9 Å². The lowest BCUT2D eigenvalue weighted by Crippen LogP contribution is -2.28. The Morgan fingerprint density at radius 1 is 1.18 bits per heavy atom. The average molecular weight is 233 g/mol. The van der Waals surface area contributed by atoms with Gasteiger partial charge in [-0.1, -0.05) is 12.1 Å². The van der Waals surface area contributed by atoms with Crippen molar-refractivity contribution in [3.63, 3.8) is 0 Å². The Bertz CT molecular complexity index is 424. The van der Waals surface area contributed by atoms with E-state index in [1.807, 2.05) is 18.2 Å². The highest BCUT2D eigenvalue weighted by Crippen LogP contribution is 2.10. The number of amides is 1. The number of pyridine rings is 1. The van der Waals surface area contributed by atoms with E-state index in [4.69, 9.17) is 5.84 Å². The molecule has 1 aromatic heterocycles. The van der Waals surface area contributed by atoms with Crippen LogP contribution in [-0.2, 0) is 4.79 Å². The van der Waals surface area contributed by atoms with Gasteiger partial charge in [-0.25, -0.2) is 10.2 Å². The molecule has 1 aromatic carbocycles. The van der Waals surface area contributed by atoms with Gasteiger partial charge >= 0.3 is 0 Å². The number of nitrogens with zero attached hydrogens (tertiary/aromatic N) is 2. The Labute approximate surface area is 98.5 Å². The second-order valence-corrected chi connectivity index (χ2v) is 3.02. The molecule has 0 radical (unpaired) electrons. The summed E-state index contributed by atoms with van der Waals surface area (Å²) in [4.78, 5) is 13.9. The second kappa shape index (κ2) is 7.08. The lowest BCUT2D eigenvalue weighted by Gasteiger charge is -2.08. The summed E-state index contributed by atoms with van der Waals surface area (Å²) in [5.41, 5.74) is 0.333. The largest absolute Gasteiger partial charge is 0.277 e. The fourth-order valence-electron chi connectivity index (χ4n) is 1.01. The van der Waals surface area contributed by atoms with Crippen molar-refractivity contribution >= 4 is 12.1 Å². The smallest absolute Gasteiger partial charge is 0.228 e. The van der Waals surface area contributed by atoms with E-state index in [9.17, 15) is 9.18 Å². The zero-order chi connectivity index (χ0) is 12.5. The molecule has 88 valence electrons. The van der Waals surface area contributed by atoms with Crippen LogP contribution in [0.5, 0.6) is 0 Å². The quantitative estimate of drug-likeness (QED) is 0.372. The summed E-state index contributed by atoms with van der Waals surface area (Å²) in [6.45, 7) is 0. The Morgan fingerprint density at radius 2 is 1.88 bits per heavy atom. The van der Waals surface area contributed by atoms with Crippen LogP contribution in [0.3, 0.4) is 0 Å². The van der Waals surface area contributed by atoms with Crippen LogP contribution in [-0.4, -0.2) is 11.4 Å². The number of hydrogen-bond acceptors (Lipinski definition) is 3. The number of aromatic nitrogens is 1. The minimum Gasteiger partial charge on any atom is -0.277 e. The topological polar surface area (TPSA) is 59.2 Å². The van der Waals surface area contributed by atoms with Crippen LogP contribution in [0.2, 0.25) is 0 Å². The van der Waals surface area contributed by atoms with Crippen LogP contribution in [0, 0.1) is 5.82 Å². The molecule has 4 nitrogen and oxygen atoms in total. The van der Waals surface area contributed by atoms with Gasteiger partial charge in [0.2, 0.25) is 6.41 Å². The normalized spacial score (nSPS) is 8.82. The Hall–Kier alpha value is -2.27. The van der Waals surface area contributed by atoms with Crippen molar-refractivity contribution < 1.29 is 9.18 Å². The summed E-state index contributed by atoms with van der Waals surface area (Å²) in [6, 6.07) is 11.2. The van der Waals surface area contributed by atoms with Gasteiger partial charge in [-0.2, -0.15) is 0 Å². The SMILES string of the molecule is NN(C=O)c1cccc(F)c1.c1ccncc1. The van der Waals surface area contributed by atoms with Gasteiger partial charge in [0, 0.05) is 12.4 Å². The van der Waals surface area contributed by atoms with Crippen molar-refractivity contribution in [2.45, 2.75) is 0 Å². The number of anilines is 1. The van der Waals surface area contributed by atoms with Crippen molar-refractivity contribution in [1.82, 2.24) is 4.98 Å². The van der Waals surface area contributed by atoms with Gasteiger partial charge in [0.15, 0.2) is 0 Å². The molecule has 0 spiro atoms. The molecule has 0 saturated carbocycles. The third-order valence-electron chi connectivity index (χ3n) is 1.79. The molecule has 1 amide bonds. The molecule has 2 rings (SSSR count). The van der Waals surface area contributed by atoms with Crippen molar-refractivity contribution in [1.29, 1.82) is 0 Å². The molecule has 1 heterocycles. The molecule has 0 aliphatic rings. The van der Waals surface area contributed by atoms with E-state index in [-0.39, 0.29) is 0 Å². The number of hydrogen-bond donors (Lipinski definition) is 1. The van der Waals surface area contributed by atoms with E-state index in [0.717, 1.165) is 5.01 Å². The third-order valence-corrected chi connectivity index (χ3v) is 1.79. The van der Waals surface area contributed by atoms with Gasteiger partial charge in [-0.15, -0.1) is 0 Å². The van der Waals surface area contributed by atoms with Gasteiger partial charge in [-0.05, 0) is 30.3 Å². The maximum atomic E-state index is 12.5. The predicted molar refractivity (Wildman–Crippen MR) is 63.4 cm³/mol.